The number of hydrogen-bond donors (Lipinski definition) is 2. The molecule has 0 bridgehead atoms. The van der Waals surface area contributed by atoms with E-state index in [2.05, 4.69) is 0 Å². The van der Waals surface area contributed by atoms with E-state index in [9.17, 15) is 4.39 Å². The normalized spacial score (nSPS) is 10.1. The highest BCUT2D eigenvalue weighted by molar-refractivity contribution is 6.59. The van der Waals surface area contributed by atoms with Gasteiger partial charge in [0.05, 0.1) is 5.02 Å². The van der Waals surface area contributed by atoms with Crippen LogP contribution in [0, 0.1) is 12.7 Å². The number of rotatable bonds is 1. The lowest BCUT2D eigenvalue weighted by Gasteiger charge is -2.05. The van der Waals surface area contributed by atoms with E-state index in [0.717, 1.165) is 0 Å². The van der Waals surface area contributed by atoms with Gasteiger partial charge in [-0.05, 0) is 24.0 Å². The Labute approximate surface area is 74.7 Å². The van der Waals surface area contributed by atoms with Gasteiger partial charge in [0.1, 0.15) is 5.82 Å². The van der Waals surface area contributed by atoms with Gasteiger partial charge in [-0.2, -0.15) is 0 Å². The van der Waals surface area contributed by atoms with E-state index in [1.54, 1.807) is 0 Å². The molecule has 5 heteroatoms. The maximum atomic E-state index is 13.0. The highest BCUT2D eigenvalue weighted by Gasteiger charge is 2.17. The minimum atomic E-state index is -1.66. The number of halogens is 2. The fourth-order valence-corrected chi connectivity index (χ4v) is 1.15. The summed E-state index contributed by atoms with van der Waals surface area (Å²) in [6, 6.07) is 2.67. The smallest absolute Gasteiger partial charge is 0.423 e. The summed E-state index contributed by atoms with van der Waals surface area (Å²) in [5, 5.41) is 17.5. The van der Waals surface area contributed by atoms with Crippen LogP contribution in [-0.4, -0.2) is 17.2 Å². The standard InChI is InChI=1S/C7H7BClFO2/c1-4-5(8(11)12)2-3-6(9)7(4)10/h2-3,11-12H,1H3. The molecule has 0 aliphatic heterocycles. The van der Waals surface area contributed by atoms with Crippen LogP contribution in [0.25, 0.3) is 0 Å². The van der Waals surface area contributed by atoms with Gasteiger partial charge >= 0.3 is 7.12 Å². The largest absolute Gasteiger partial charge is 0.488 e. The maximum Gasteiger partial charge on any atom is 0.488 e. The van der Waals surface area contributed by atoms with Gasteiger partial charge in [-0.25, -0.2) is 4.39 Å². The van der Waals surface area contributed by atoms with E-state index < -0.39 is 12.9 Å². The molecule has 0 aliphatic rings. The van der Waals surface area contributed by atoms with Crippen LogP contribution >= 0.6 is 11.6 Å². The summed E-state index contributed by atoms with van der Waals surface area (Å²) in [4.78, 5) is 0. The Morgan fingerprint density at radius 1 is 1.42 bits per heavy atom. The van der Waals surface area contributed by atoms with Crippen LogP contribution in [0.2, 0.25) is 5.02 Å². The van der Waals surface area contributed by atoms with Gasteiger partial charge < -0.3 is 10.0 Å². The second kappa shape index (κ2) is 3.43. The molecule has 1 aromatic rings. The molecule has 0 amide bonds. The number of hydrogen-bond acceptors (Lipinski definition) is 2. The van der Waals surface area contributed by atoms with Crippen LogP contribution in [0.3, 0.4) is 0 Å². The zero-order valence-electron chi connectivity index (χ0n) is 6.38. The molecule has 2 N–H and O–H groups in total. The van der Waals surface area contributed by atoms with Crippen molar-refractivity contribution in [2.24, 2.45) is 0 Å². The fraction of sp³-hybridized carbons (Fsp3) is 0.143. The molecule has 0 aromatic heterocycles. The topological polar surface area (TPSA) is 40.5 Å². The monoisotopic (exact) mass is 188 g/mol. The summed E-state index contributed by atoms with van der Waals surface area (Å²) in [6.45, 7) is 1.44. The van der Waals surface area contributed by atoms with Crippen LogP contribution in [-0.2, 0) is 0 Å². The van der Waals surface area contributed by atoms with Crippen molar-refractivity contribution in [3.8, 4) is 0 Å². The molecule has 12 heavy (non-hydrogen) atoms. The lowest BCUT2D eigenvalue weighted by molar-refractivity contribution is 0.425. The predicted molar refractivity (Wildman–Crippen MR) is 46.0 cm³/mol. The first-order chi connectivity index (χ1) is 5.54. The molecule has 0 unspecified atom stereocenters. The lowest BCUT2D eigenvalue weighted by atomic mass is 9.77. The van der Waals surface area contributed by atoms with Gasteiger partial charge in [-0.1, -0.05) is 17.7 Å². The van der Waals surface area contributed by atoms with Gasteiger partial charge in [0.2, 0.25) is 0 Å². The van der Waals surface area contributed by atoms with E-state index in [4.69, 9.17) is 21.6 Å². The highest BCUT2D eigenvalue weighted by Crippen LogP contribution is 2.15. The molecular weight excluding hydrogens is 181 g/mol. The second-order valence-corrected chi connectivity index (χ2v) is 2.86. The first kappa shape index (κ1) is 9.51. The molecule has 0 spiro atoms. The van der Waals surface area contributed by atoms with Crippen molar-refractivity contribution in [2.45, 2.75) is 6.92 Å². The average molecular weight is 188 g/mol. The Morgan fingerprint density at radius 3 is 2.50 bits per heavy atom. The van der Waals surface area contributed by atoms with E-state index in [1.807, 2.05) is 0 Å². The average Bonchev–Trinajstić information content (AvgIpc) is 2.00. The van der Waals surface area contributed by atoms with Crippen LogP contribution in [0.4, 0.5) is 4.39 Å². The van der Waals surface area contributed by atoms with Crippen LogP contribution < -0.4 is 5.46 Å². The zero-order chi connectivity index (χ0) is 9.30. The molecule has 2 nitrogen and oxygen atoms in total. The quantitative estimate of drug-likeness (QED) is 0.629. The van der Waals surface area contributed by atoms with Crippen LogP contribution in [0.15, 0.2) is 12.1 Å². The molecule has 0 saturated heterocycles. The van der Waals surface area contributed by atoms with Crippen LogP contribution in [0.1, 0.15) is 5.56 Å². The predicted octanol–water partition coefficient (Wildman–Crippen LogP) is 0.467. The summed E-state index contributed by atoms with van der Waals surface area (Å²) < 4.78 is 13.0. The van der Waals surface area contributed by atoms with Gasteiger partial charge in [-0.15, -0.1) is 0 Å². The molecule has 64 valence electrons. The minimum absolute atomic E-state index is 0.0168. The van der Waals surface area contributed by atoms with Gasteiger partial charge in [0.25, 0.3) is 0 Å². The first-order valence-corrected chi connectivity index (χ1v) is 3.72. The Bertz CT molecular complexity index is 304. The molecule has 1 rings (SSSR count). The zero-order valence-corrected chi connectivity index (χ0v) is 7.14. The highest BCUT2D eigenvalue weighted by atomic mass is 35.5. The van der Waals surface area contributed by atoms with Crippen molar-refractivity contribution in [3.05, 3.63) is 28.5 Å². The maximum absolute atomic E-state index is 13.0. The van der Waals surface area contributed by atoms with Crippen LogP contribution in [0.5, 0.6) is 0 Å². The molecule has 0 atom stereocenters. The second-order valence-electron chi connectivity index (χ2n) is 2.45. The van der Waals surface area contributed by atoms with Crippen molar-refractivity contribution in [1.29, 1.82) is 0 Å². The molecule has 0 aliphatic carbocycles. The molecular formula is C7H7BClFO2. The van der Waals surface area contributed by atoms with Crippen molar-refractivity contribution in [1.82, 2.24) is 0 Å². The third kappa shape index (κ3) is 1.60. The van der Waals surface area contributed by atoms with Gasteiger partial charge in [0.15, 0.2) is 0 Å². The third-order valence-electron chi connectivity index (χ3n) is 1.66. The Morgan fingerprint density at radius 2 is 2.00 bits per heavy atom. The Hall–Kier alpha value is -0.575. The van der Waals surface area contributed by atoms with E-state index in [0.29, 0.717) is 0 Å². The minimum Gasteiger partial charge on any atom is -0.423 e. The van der Waals surface area contributed by atoms with Crippen molar-refractivity contribution in [2.75, 3.05) is 0 Å². The number of benzene rings is 1. The molecule has 0 fully saturated rings. The summed E-state index contributed by atoms with van der Waals surface area (Å²) in [6.07, 6.45) is 0. The molecule has 0 saturated carbocycles. The van der Waals surface area contributed by atoms with Crippen molar-refractivity contribution < 1.29 is 14.4 Å². The molecule has 0 heterocycles. The summed E-state index contributed by atoms with van der Waals surface area (Å²) in [5.74, 6) is -0.609. The Balaban J connectivity index is 3.27. The van der Waals surface area contributed by atoms with Crippen molar-refractivity contribution in [3.63, 3.8) is 0 Å². The lowest BCUT2D eigenvalue weighted by Crippen LogP contribution is -2.32. The summed E-state index contributed by atoms with van der Waals surface area (Å²) >= 11 is 5.45. The molecule has 0 radical (unpaired) electrons. The van der Waals surface area contributed by atoms with E-state index in [-0.39, 0.29) is 16.0 Å². The summed E-state index contributed by atoms with van der Waals surface area (Å²) in [7, 11) is -1.66. The third-order valence-corrected chi connectivity index (χ3v) is 1.95. The first-order valence-electron chi connectivity index (χ1n) is 3.34. The van der Waals surface area contributed by atoms with E-state index >= 15 is 0 Å². The fourth-order valence-electron chi connectivity index (χ4n) is 0.947. The molecule has 1 aromatic carbocycles. The van der Waals surface area contributed by atoms with Crippen molar-refractivity contribution >= 4 is 24.2 Å². The van der Waals surface area contributed by atoms with Gasteiger partial charge in [-0.3, -0.25) is 0 Å². The Kier molecular flexibility index (Phi) is 2.72. The van der Waals surface area contributed by atoms with E-state index in [1.165, 1.54) is 19.1 Å². The summed E-state index contributed by atoms with van der Waals surface area (Å²) in [5.41, 5.74) is 0.300. The van der Waals surface area contributed by atoms with Gasteiger partial charge in [0, 0.05) is 0 Å². The SMILES string of the molecule is Cc1c(B(O)O)ccc(Cl)c1F.